The lowest BCUT2D eigenvalue weighted by Gasteiger charge is -2.01. The van der Waals surface area contributed by atoms with Gasteiger partial charge in [0.05, 0.1) is 16.6 Å². The molecule has 114 valence electrons. The monoisotopic (exact) mass is 341 g/mol. The van der Waals surface area contributed by atoms with E-state index in [2.05, 4.69) is 16.0 Å². The van der Waals surface area contributed by atoms with E-state index in [-0.39, 0.29) is 0 Å². The predicted octanol–water partition coefficient (Wildman–Crippen LogP) is 5.55. The summed E-state index contributed by atoms with van der Waals surface area (Å²) < 4.78 is 0. The zero-order valence-electron chi connectivity index (χ0n) is 12.6. The van der Waals surface area contributed by atoms with Gasteiger partial charge in [0, 0.05) is 15.6 Å². The van der Waals surface area contributed by atoms with Crippen molar-refractivity contribution in [2.24, 2.45) is 0 Å². The summed E-state index contributed by atoms with van der Waals surface area (Å²) >= 11 is 12.3. The first kappa shape index (κ1) is 15.6. The molecule has 0 aliphatic rings. The summed E-state index contributed by atoms with van der Waals surface area (Å²) in [5.74, 6) is 0.503. The van der Waals surface area contributed by atoms with Crippen LogP contribution in [0.25, 0.3) is 22.7 Å². The minimum absolute atomic E-state index is 0.381. The Morgan fingerprint density at radius 3 is 2.48 bits per heavy atom. The molecule has 3 nitrogen and oxygen atoms in total. The van der Waals surface area contributed by atoms with Crippen molar-refractivity contribution in [3.05, 3.63) is 62.9 Å². The molecular weight excluding hydrogens is 329 g/mol. The van der Waals surface area contributed by atoms with Gasteiger partial charge in [-0.1, -0.05) is 29.3 Å². The number of rotatable bonds is 2. The fourth-order valence-corrected chi connectivity index (χ4v) is 2.85. The van der Waals surface area contributed by atoms with Crippen LogP contribution in [0.5, 0.6) is 0 Å². The molecule has 0 fully saturated rings. The number of aromatic nitrogens is 2. The molecule has 0 spiro atoms. The summed E-state index contributed by atoms with van der Waals surface area (Å²) in [6, 6.07) is 11.4. The number of nitriles is 1. The third-order valence-electron chi connectivity index (χ3n) is 3.76. The van der Waals surface area contributed by atoms with Crippen LogP contribution in [-0.4, -0.2) is 9.97 Å². The summed E-state index contributed by atoms with van der Waals surface area (Å²) in [4.78, 5) is 7.69. The van der Waals surface area contributed by atoms with Crippen LogP contribution in [0.4, 0.5) is 0 Å². The lowest BCUT2D eigenvalue weighted by Crippen LogP contribution is -1.86. The second-order valence-electron chi connectivity index (χ2n) is 5.34. The average Bonchev–Trinajstić information content (AvgIpc) is 2.90. The minimum Gasteiger partial charge on any atom is -0.337 e. The number of halogens is 2. The maximum Gasteiger partial charge on any atom is 0.149 e. The van der Waals surface area contributed by atoms with E-state index in [1.54, 1.807) is 24.3 Å². The molecule has 1 N–H and O–H groups in total. The third-order valence-corrected chi connectivity index (χ3v) is 4.42. The van der Waals surface area contributed by atoms with Gasteiger partial charge in [-0.15, -0.1) is 0 Å². The number of benzene rings is 2. The fourth-order valence-electron chi connectivity index (χ4n) is 2.34. The number of allylic oxidation sites excluding steroid dienone is 1. The summed E-state index contributed by atoms with van der Waals surface area (Å²) in [6.07, 6.45) is 1.65. The van der Waals surface area contributed by atoms with Crippen molar-refractivity contribution in [3.8, 4) is 6.07 Å². The smallest absolute Gasteiger partial charge is 0.149 e. The highest BCUT2D eigenvalue weighted by atomic mass is 35.5. The van der Waals surface area contributed by atoms with Gasteiger partial charge in [0.2, 0.25) is 0 Å². The number of nitrogens with zero attached hydrogens (tertiary/aromatic N) is 2. The lowest BCUT2D eigenvalue weighted by molar-refractivity contribution is 1.27. The Morgan fingerprint density at radius 1 is 1.17 bits per heavy atom. The van der Waals surface area contributed by atoms with Gasteiger partial charge in [0.15, 0.2) is 0 Å². The molecule has 2 aromatic carbocycles. The van der Waals surface area contributed by atoms with E-state index in [9.17, 15) is 5.26 Å². The van der Waals surface area contributed by atoms with E-state index in [0.29, 0.717) is 27.0 Å². The van der Waals surface area contributed by atoms with Crippen molar-refractivity contribution in [2.75, 3.05) is 0 Å². The second kappa shape index (κ2) is 6.08. The van der Waals surface area contributed by atoms with Crippen LogP contribution in [0, 0.1) is 25.2 Å². The van der Waals surface area contributed by atoms with Crippen LogP contribution in [0.15, 0.2) is 30.3 Å². The first-order valence-electron chi connectivity index (χ1n) is 7.02. The first-order valence-corrected chi connectivity index (χ1v) is 7.78. The second-order valence-corrected chi connectivity index (χ2v) is 6.16. The van der Waals surface area contributed by atoms with E-state index < -0.39 is 0 Å². The molecule has 0 radical (unpaired) electrons. The molecule has 0 saturated heterocycles. The van der Waals surface area contributed by atoms with Gasteiger partial charge >= 0.3 is 0 Å². The summed E-state index contributed by atoms with van der Waals surface area (Å²) in [5.41, 5.74) is 5.05. The largest absolute Gasteiger partial charge is 0.337 e. The molecule has 0 saturated carbocycles. The Kier molecular flexibility index (Phi) is 4.12. The third kappa shape index (κ3) is 2.96. The standard InChI is InChI=1S/C18H13Cl2N3/c1-10-6-16-17(7-11(10)2)23-18(22-16)12(9-21)8-13-14(19)4-3-5-15(13)20/h3-8H,1-2H3,(H,22,23)/b12-8+. The Bertz CT molecular complexity index is 919. The van der Waals surface area contributed by atoms with Crippen molar-refractivity contribution in [2.45, 2.75) is 13.8 Å². The van der Waals surface area contributed by atoms with Crippen molar-refractivity contribution in [1.29, 1.82) is 5.26 Å². The highest BCUT2D eigenvalue weighted by Crippen LogP contribution is 2.29. The van der Waals surface area contributed by atoms with Crippen LogP contribution in [0.2, 0.25) is 10.0 Å². The van der Waals surface area contributed by atoms with Crippen molar-refractivity contribution >= 4 is 45.9 Å². The predicted molar refractivity (Wildman–Crippen MR) is 95.5 cm³/mol. The van der Waals surface area contributed by atoms with Crippen molar-refractivity contribution in [3.63, 3.8) is 0 Å². The van der Waals surface area contributed by atoms with E-state index in [4.69, 9.17) is 23.2 Å². The summed E-state index contributed by atoms with van der Waals surface area (Å²) in [6.45, 7) is 4.08. The highest BCUT2D eigenvalue weighted by Gasteiger charge is 2.11. The number of hydrogen-bond donors (Lipinski definition) is 1. The number of fused-ring (bicyclic) bond motifs is 1. The molecule has 23 heavy (non-hydrogen) atoms. The Balaban J connectivity index is 2.15. The van der Waals surface area contributed by atoms with Crippen LogP contribution < -0.4 is 0 Å². The van der Waals surface area contributed by atoms with Gasteiger partial charge < -0.3 is 4.98 Å². The molecule has 0 bridgehead atoms. The zero-order valence-corrected chi connectivity index (χ0v) is 14.1. The summed E-state index contributed by atoms with van der Waals surface area (Å²) in [5, 5.41) is 10.5. The van der Waals surface area contributed by atoms with Crippen LogP contribution >= 0.6 is 23.2 Å². The van der Waals surface area contributed by atoms with Gasteiger partial charge in [0.25, 0.3) is 0 Å². The number of aryl methyl sites for hydroxylation is 2. The maximum absolute atomic E-state index is 9.49. The van der Waals surface area contributed by atoms with E-state index in [1.807, 2.05) is 26.0 Å². The molecule has 1 heterocycles. The molecule has 0 aliphatic carbocycles. The summed E-state index contributed by atoms with van der Waals surface area (Å²) in [7, 11) is 0. The van der Waals surface area contributed by atoms with Gasteiger partial charge in [-0.05, 0) is 55.3 Å². The molecule has 0 atom stereocenters. The molecule has 0 aliphatic heterocycles. The van der Waals surface area contributed by atoms with Gasteiger partial charge in [0.1, 0.15) is 11.9 Å². The molecule has 5 heteroatoms. The Hall–Kier alpha value is -2.28. The highest BCUT2D eigenvalue weighted by molar-refractivity contribution is 6.37. The Morgan fingerprint density at radius 2 is 1.83 bits per heavy atom. The maximum atomic E-state index is 9.49. The van der Waals surface area contributed by atoms with Gasteiger partial charge in [-0.3, -0.25) is 0 Å². The van der Waals surface area contributed by atoms with Crippen LogP contribution in [0.1, 0.15) is 22.5 Å². The van der Waals surface area contributed by atoms with E-state index >= 15 is 0 Å². The quantitative estimate of drug-likeness (QED) is 0.621. The fraction of sp³-hybridized carbons (Fsp3) is 0.111. The normalized spacial score (nSPS) is 11.7. The molecule has 0 amide bonds. The van der Waals surface area contributed by atoms with E-state index in [1.165, 1.54) is 5.56 Å². The first-order chi connectivity index (χ1) is 11.0. The number of aromatic amines is 1. The minimum atomic E-state index is 0.381. The van der Waals surface area contributed by atoms with Crippen molar-refractivity contribution < 1.29 is 0 Å². The Labute approximate surface area is 144 Å². The van der Waals surface area contributed by atoms with Crippen LogP contribution in [0.3, 0.4) is 0 Å². The molecule has 3 rings (SSSR count). The SMILES string of the molecule is Cc1cc2nc(/C(C#N)=C/c3c(Cl)cccc3Cl)[nH]c2cc1C. The van der Waals surface area contributed by atoms with Gasteiger partial charge in [-0.2, -0.15) is 5.26 Å². The van der Waals surface area contributed by atoms with Crippen LogP contribution in [-0.2, 0) is 0 Å². The van der Waals surface area contributed by atoms with Crippen molar-refractivity contribution in [1.82, 2.24) is 9.97 Å². The van der Waals surface area contributed by atoms with Gasteiger partial charge in [-0.25, -0.2) is 4.98 Å². The molecule has 0 unspecified atom stereocenters. The number of nitrogens with one attached hydrogen (secondary N) is 1. The number of imidazole rings is 1. The van der Waals surface area contributed by atoms with E-state index in [0.717, 1.165) is 16.6 Å². The molecule has 3 aromatic rings. The molecular formula is C18H13Cl2N3. The topological polar surface area (TPSA) is 52.5 Å². The number of H-pyrrole nitrogens is 1. The average molecular weight is 342 g/mol. The lowest BCUT2D eigenvalue weighted by atomic mass is 10.1. The number of hydrogen-bond acceptors (Lipinski definition) is 2. The zero-order chi connectivity index (χ0) is 16.6. The molecule has 1 aromatic heterocycles.